The second-order valence-electron chi connectivity index (χ2n) is 3.25. The first-order chi connectivity index (χ1) is 8.12. The molecule has 0 aromatic heterocycles. The van der Waals surface area contributed by atoms with Crippen LogP contribution in [0.25, 0.3) is 12.2 Å². The van der Waals surface area contributed by atoms with Gasteiger partial charge in [-0.15, -0.1) is 0 Å². The molecule has 2 N–H and O–H groups in total. The van der Waals surface area contributed by atoms with E-state index in [0.29, 0.717) is 0 Å². The minimum Gasteiger partial charge on any atom is -0.282 e. The number of rotatable bonds is 4. The molecule has 0 saturated carbocycles. The fourth-order valence-electron chi connectivity index (χ4n) is 1.47. The lowest BCUT2D eigenvalue weighted by atomic mass is 10.1. The van der Waals surface area contributed by atoms with E-state index in [2.05, 4.69) is 13.2 Å². The topological polar surface area (TPSA) is 109 Å². The van der Waals surface area contributed by atoms with Gasteiger partial charge in [0, 0.05) is 5.56 Å². The van der Waals surface area contributed by atoms with E-state index in [-0.39, 0.29) is 5.56 Å². The van der Waals surface area contributed by atoms with Crippen LogP contribution in [0.2, 0.25) is 0 Å². The quantitative estimate of drug-likeness (QED) is 0.813. The lowest BCUT2D eigenvalue weighted by molar-refractivity contribution is 0.480. The van der Waals surface area contributed by atoms with E-state index in [1.54, 1.807) is 0 Å². The molecule has 6 nitrogen and oxygen atoms in total. The van der Waals surface area contributed by atoms with Crippen molar-refractivity contribution in [3.8, 4) is 0 Å². The zero-order valence-corrected chi connectivity index (χ0v) is 10.7. The standard InChI is InChI=1S/C10H10O6S2/c1-3-7-5-6-9(17(11,12)13)8(4-2)10(7)18(14,15)16/h3-6H,1-2H2,(H,11,12,13)(H,14,15,16). The molecule has 0 atom stereocenters. The summed E-state index contributed by atoms with van der Waals surface area (Å²) in [5.41, 5.74) is -0.405. The Hall–Kier alpha value is -1.48. The Morgan fingerprint density at radius 3 is 1.83 bits per heavy atom. The van der Waals surface area contributed by atoms with E-state index in [1.807, 2.05) is 0 Å². The van der Waals surface area contributed by atoms with Gasteiger partial charge in [-0.1, -0.05) is 31.4 Å². The van der Waals surface area contributed by atoms with E-state index in [9.17, 15) is 16.8 Å². The van der Waals surface area contributed by atoms with Crippen LogP contribution >= 0.6 is 0 Å². The van der Waals surface area contributed by atoms with Crippen LogP contribution < -0.4 is 0 Å². The molecule has 0 spiro atoms. The van der Waals surface area contributed by atoms with Gasteiger partial charge in [0.25, 0.3) is 20.2 Å². The first-order valence-corrected chi connectivity index (χ1v) is 7.37. The maximum Gasteiger partial charge on any atom is 0.295 e. The highest BCUT2D eigenvalue weighted by atomic mass is 32.2. The molecule has 0 aliphatic carbocycles. The number of benzene rings is 1. The average Bonchev–Trinajstić information content (AvgIpc) is 2.24. The lowest BCUT2D eigenvalue weighted by Gasteiger charge is -2.10. The molecule has 1 rings (SSSR count). The summed E-state index contributed by atoms with van der Waals surface area (Å²) in [6.07, 6.45) is 2.04. The predicted molar refractivity (Wildman–Crippen MR) is 66.3 cm³/mol. The number of hydrogen-bond donors (Lipinski definition) is 2. The van der Waals surface area contributed by atoms with Crippen LogP contribution in [0, 0.1) is 0 Å². The third kappa shape index (κ3) is 2.67. The minimum absolute atomic E-state index is 0.000185. The summed E-state index contributed by atoms with van der Waals surface area (Å²) >= 11 is 0. The zero-order valence-electron chi connectivity index (χ0n) is 9.07. The van der Waals surface area contributed by atoms with Crippen LogP contribution in [-0.4, -0.2) is 25.9 Å². The van der Waals surface area contributed by atoms with E-state index >= 15 is 0 Å². The molecule has 0 saturated heterocycles. The molecule has 0 bridgehead atoms. The second-order valence-corrected chi connectivity index (χ2v) is 6.00. The van der Waals surface area contributed by atoms with Crippen molar-refractivity contribution in [2.24, 2.45) is 0 Å². The average molecular weight is 290 g/mol. The maximum atomic E-state index is 11.3. The summed E-state index contributed by atoms with van der Waals surface area (Å²) < 4.78 is 62.8. The molecule has 8 heteroatoms. The van der Waals surface area contributed by atoms with Crippen LogP contribution in [0.4, 0.5) is 0 Å². The first-order valence-electron chi connectivity index (χ1n) is 4.49. The third-order valence-corrected chi connectivity index (χ3v) is 4.03. The Kier molecular flexibility index (Phi) is 3.77. The lowest BCUT2D eigenvalue weighted by Crippen LogP contribution is -2.09. The fourth-order valence-corrected chi connectivity index (χ4v) is 3.15. The summed E-state index contributed by atoms with van der Waals surface area (Å²) in [6.45, 7) is 6.62. The maximum absolute atomic E-state index is 11.3. The first kappa shape index (κ1) is 14.6. The fraction of sp³-hybridized carbons (Fsp3) is 0. The van der Waals surface area contributed by atoms with Crippen molar-refractivity contribution >= 4 is 32.4 Å². The molecule has 98 valence electrons. The molecule has 0 radical (unpaired) electrons. The molecule has 18 heavy (non-hydrogen) atoms. The highest BCUT2D eigenvalue weighted by Gasteiger charge is 2.25. The van der Waals surface area contributed by atoms with Gasteiger partial charge in [0.2, 0.25) is 0 Å². The smallest absolute Gasteiger partial charge is 0.282 e. The molecular formula is C10H10O6S2. The SMILES string of the molecule is C=Cc1ccc(S(=O)(=O)O)c(C=C)c1S(=O)(=O)O. The second kappa shape index (κ2) is 4.65. The van der Waals surface area contributed by atoms with Crippen molar-refractivity contribution in [2.45, 2.75) is 9.79 Å². The molecule has 0 aliphatic rings. The van der Waals surface area contributed by atoms with E-state index in [0.717, 1.165) is 24.3 Å². The molecule has 1 aromatic carbocycles. The summed E-state index contributed by atoms with van der Waals surface area (Å²) in [4.78, 5) is -1.32. The van der Waals surface area contributed by atoms with Gasteiger partial charge in [-0.3, -0.25) is 9.11 Å². The molecule has 1 aromatic rings. The Balaban J connectivity index is 3.99. The van der Waals surface area contributed by atoms with E-state index in [1.165, 1.54) is 0 Å². The van der Waals surface area contributed by atoms with Crippen molar-refractivity contribution in [2.75, 3.05) is 0 Å². The summed E-state index contributed by atoms with van der Waals surface area (Å²) in [7, 11) is -9.32. The normalized spacial score (nSPS) is 12.1. The summed E-state index contributed by atoms with van der Waals surface area (Å²) in [6, 6.07) is 2.10. The Morgan fingerprint density at radius 1 is 0.944 bits per heavy atom. The van der Waals surface area contributed by atoms with E-state index < -0.39 is 35.6 Å². The van der Waals surface area contributed by atoms with Crippen LogP contribution in [-0.2, 0) is 20.2 Å². The van der Waals surface area contributed by atoms with Crippen LogP contribution in [0.5, 0.6) is 0 Å². The molecule has 0 heterocycles. The van der Waals surface area contributed by atoms with Gasteiger partial charge in [0.15, 0.2) is 0 Å². The molecule has 0 fully saturated rings. The highest BCUT2D eigenvalue weighted by Crippen LogP contribution is 2.28. The Labute approximate surface area is 105 Å². The monoisotopic (exact) mass is 290 g/mol. The highest BCUT2D eigenvalue weighted by molar-refractivity contribution is 7.86. The third-order valence-electron chi connectivity index (χ3n) is 2.15. The van der Waals surface area contributed by atoms with Gasteiger partial charge < -0.3 is 0 Å². The molecule has 0 amide bonds. The minimum atomic E-state index is -4.69. The van der Waals surface area contributed by atoms with Gasteiger partial charge in [-0.05, 0) is 11.6 Å². The molecule has 0 aliphatic heterocycles. The van der Waals surface area contributed by atoms with Gasteiger partial charge in [0.05, 0.1) is 0 Å². The van der Waals surface area contributed by atoms with Gasteiger partial charge in [0.1, 0.15) is 9.79 Å². The van der Waals surface area contributed by atoms with Crippen molar-refractivity contribution in [1.82, 2.24) is 0 Å². The summed E-state index contributed by atoms with van der Waals surface area (Å²) in [5, 5.41) is 0. The Morgan fingerprint density at radius 2 is 1.50 bits per heavy atom. The molecule has 0 unspecified atom stereocenters. The molecular weight excluding hydrogens is 280 g/mol. The van der Waals surface area contributed by atoms with Crippen molar-refractivity contribution in [3.63, 3.8) is 0 Å². The van der Waals surface area contributed by atoms with Crippen molar-refractivity contribution in [1.29, 1.82) is 0 Å². The number of hydrogen-bond acceptors (Lipinski definition) is 4. The van der Waals surface area contributed by atoms with Crippen molar-refractivity contribution in [3.05, 3.63) is 36.4 Å². The van der Waals surface area contributed by atoms with Crippen LogP contribution in [0.3, 0.4) is 0 Å². The van der Waals surface area contributed by atoms with Gasteiger partial charge in [-0.2, -0.15) is 16.8 Å². The van der Waals surface area contributed by atoms with Crippen LogP contribution in [0.15, 0.2) is 35.1 Å². The Bertz CT molecular complexity index is 713. The van der Waals surface area contributed by atoms with Crippen LogP contribution in [0.1, 0.15) is 11.1 Å². The van der Waals surface area contributed by atoms with Crippen molar-refractivity contribution < 1.29 is 25.9 Å². The van der Waals surface area contributed by atoms with Gasteiger partial charge in [-0.25, -0.2) is 0 Å². The summed E-state index contributed by atoms with van der Waals surface area (Å²) in [5.74, 6) is 0. The van der Waals surface area contributed by atoms with E-state index in [4.69, 9.17) is 9.11 Å². The van der Waals surface area contributed by atoms with Gasteiger partial charge >= 0.3 is 0 Å². The predicted octanol–water partition coefficient (Wildman–Crippen LogP) is 1.47. The largest absolute Gasteiger partial charge is 0.295 e. The zero-order chi connectivity index (χ0) is 14.1.